The molecule has 3 fully saturated rings. The van der Waals surface area contributed by atoms with Gasteiger partial charge in [0.1, 0.15) is 0 Å². The Morgan fingerprint density at radius 2 is 1.50 bits per heavy atom. The molecule has 18 heavy (non-hydrogen) atoms. The summed E-state index contributed by atoms with van der Waals surface area (Å²) < 4.78 is 0. The van der Waals surface area contributed by atoms with Crippen LogP contribution < -0.4 is 5.73 Å². The summed E-state index contributed by atoms with van der Waals surface area (Å²) in [4.78, 5) is 14.9. The molecule has 2 atom stereocenters. The van der Waals surface area contributed by atoms with Gasteiger partial charge in [-0.2, -0.15) is 0 Å². The molecular formula is C15H26N2O. The van der Waals surface area contributed by atoms with Gasteiger partial charge in [0.25, 0.3) is 0 Å². The summed E-state index contributed by atoms with van der Waals surface area (Å²) in [6.07, 6.45) is 9.75. The first kappa shape index (κ1) is 12.5. The molecule has 1 amide bonds. The van der Waals surface area contributed by atoms with E-state index in [1.807, 2.05) is 0 Å². The zero-order valence-electron chi connectivity index (χ0n) is 11.3. The summed E-state index contributed by atoms with van der Waals surface area (Å²) in [6, 6.07) is 0.118. The van der Waals surface area contributed by atoms with Crippen molar-refractivity contribution in [2.75, 3.05) is 13.1 Å². The molecule has 0 spiro atoms. The van der Waals surface area contributed by atoms with Gasteiger partial charge in [-0.05, 0) is 50.4 Å². The first-order chi connectivity index (χ1) is 8.74. The minimum atomic E-state index is 0.118. The number of hydrogen-bond acceptors (Lipinski definition) is 2. The molecule has 3 rings (SSSR count). The fourth-order valence-corrected chi connectivity index (χ4v) is 3.18. The molecule has 0 saturated heterocycles. The normalized spacial score (nSPS) is 32.3. The van der Waals surface area contributed by atoms with Gasteiger partial charge in [0.2, 0.25) is 5.91 Å². The lowest BCUT2D eigenvalue weighted by Crippen LogP contribution is -2.47. The van der Waals surface area contributed by atoms with E-state index in [1.54, 1.807) is 0 Å². The van der Waals surface area contributed by atoms with E-state index in [4.69, 9.17) is 5.73 Å². The van der Waals surface area contributed by atoms with Crippen molar-refractivity contribution in [2.24, 2.45) is 23.5 Å². The van der Waals surface area contributed by atoms with Gasteiger partial charge in [-0.3, -0.25) is 4.79 Å². The SMILES string of the molecule is NC1CCCCC1C(=O)N(CC1CC1)CC1CC1. The van der Waals surface area contributed by atoms with Crippen LogP contribution in [0.1, 0.15) is 51.4 Å². The summed E-state index contributed by atoms with van der Waals surface area (Å²) in [5.41, 5.74) is 6.16. The van der Waals surface area contributed by atoms with Crippen LogP contribution in [0.5, 0.6) is 0 Å². The second kappa shape index (κ2) is 5.20. The van der Waals surface area contributed by atoms with E-state index in [1.165, 1.54) is 38.5 Å². The lowest BCUT2D eigenvalue weighted by molar-refractivity contribution is -0.137. The van der Waals surface area contributed by atoms with Crippen LogP contribution in [-0.4, -0.2) is 29.9 Å². The maximum absolute atomic E-state index is 12.7. The van der Waals surface area contributed by atoms with E-state index in [0.717, 1.165) is 37.8 Å². The highest BCUT2D eigenvalue weighted by molar-refractivity contribution is 5.79. The van der Waals surface area contributed by atoms with Gasteiger partial charge >= 0.3 is 0 Å². The van der Waals surface area contributed by atoms with Crippen molar-refractivity contribution in [3.8, 4) is 0 Å². The Bertz CT molecular complexity index is 296. The van der Waals surface area contributed by atoms with Crippen LogP contribution in [0, 0.1) is 17.8 Å². The van der Waals surface area contributed by atoms with E-state index in [2.05, 4.69) is 4.90 Å². The standard InChI is InChI=1S/C15H26N2O/c16-14-4-2-1-3-13(14)15(18)17(9-11-5-6-11)10-12-7-8-12/h11-14H,1-10,16H2. The molecule has 3 heteroatoms. The van der Waals surface area contributed by atoms with Crippen molar-refractivity contribution < 1.29 is 4.79 Å². The fourth-order valence-electron chi connectivity index (χ4n) is 3.18. The van der Waals surface area contributed by atoms with Gasteiger partial charge in [-0.15, -0.1) is 0 Å². The minimum Gasteiger partial charge on any atom is -0.342 e. The number of nitrogens with two attached hydrogens (primary N) is 1. The first-order valence-electron chi connectivity index (χ1n) is 7.78. The monoisotopic (exact) mass is 250 g/mol. The van der Waals surface area contributed by atoms with Gasteiger partial charge < -0.3 is 10.6 Å². The quantitative estimate of drug-likeness (QED) is 0.812. The van der Waals surface area contributed by atoms with Crippen molar-refractivity contribution in [3.63, 3.8) is 0 Å². The lowest BCUT2D eigenvalue weighted by Gasteiger charge is -2.33. The topological polar surface area (TPSA) is 46.3 Å². The van der Waals surface area contributed by atoms with Crippen LogP contribution in [0.15, 0.2) is 0 Å². The zero-order valence-corrected chi connectivity index (χ0v) is 11.3. The van der Waals surface area contributed by atoms with Gasteiger partial charge in [-0.1, -0.05) is 12.8 Å². The number of hydrogen-bond donors (Lipinski definition) is 1. The Labute approximate surface area is 110 Å². The van der Waals surface area contributed by atoms with Gasteiger partial charge in [0.05, 0.1) is 5.92 Å². The molecule has 2 N–H and O–H groups in total. The highest BCUT2D eigenvalue weighted by Gasteiger charge is 2.36. The zero-order chi connectivity index (χ0) is 12.5. The fraction of sp³-hybridized carbons (Fsp3) is 0.933. The summed E-state index contributed by atoms with van der Waals surface area (Å²) in [5.74, 6) is 2.09. The van der Waals surface area contributed by atoms with Gasteiger partial charge in [0.15, 0.2) is 0 Å². The molecule has 0 aromatic carbocycles. The molecule has 3 nitrogen and oxygen atoms in total. The Kier molecular flexibility index (Phi) is 3.60. The molecule has 3 saturated carbocycles. The predicted octanol–water partition coefficient (Wildman–Crippen LogP) is 2.15. The summed E-state index contributed by atoms with van der Waals surface area (Å²) in [7, 11) is 0. The van der Waals surface area contributed by atoms with Crippen LogP contribution >= 0.6 is 0 Å². The summed E-state index contributed by atoms with van der Waals surface area (Å²) >= 11 is 0. The van der Waals surface area contributed by atoms with Crippen LogP contribution in [-0.2, 0) is 4.79 Å². The average molecular weight is 250 g/mol. The maximum Gasteiger partial charge on any atom is 0.227 e. The minimum absolute atomic E-state index is 0.118. The van der Waals surface area contributed by atoms with Gasteiger partial charge in [-0.25, -0.2) is 0 Å². The van der Waals surface area contributed by atoms with Crippen LogP contribution in [0.4, 0.5) is 0 Å². The Morgan fingerprint density at radius 3 is 2.00 bits per heavy atom. The Hall–Kier alpha value is -0.570. The molecule has 3 aliphatic rings. The molecule has 0 bridgehead atoms. The number of amides is 1. The number of carbonyl (C=O) groups is 1. The van der Waals surface area contributed by atoms with E-state index in [0.29, 0.717) is 5.91 Å². The number of carbonyl (C=O) groups excluding carboxylic acids is 1. The molecule has 102 valence electrons. The number of rotatable bonds is 5. The molecule has 0 heterocycles. The average Bonchev–Trinajstić information content (AvgIpc) is 3.23. The van der Waals surface area contributed by atoms with Crippen molar-refractivity contribution in [1.82, 2.24) is 4.90 Å². The van der Waals surface area contributed by atoms with Gasteiger partial charge in [0, 0.05) is 19.1 Å². The molecule has 3 aliphatic carbocycles. The Balaban J connectivity index is 1.61. The van der Waals surface area contributed by atoms with E-state index < -0.39 is 0 Å². The van der Waals surface area contributed by atoms with Crippen molar-refractivity contribution in [2.45, 2.75) is 57.4 Å². The summed E-state index contributed by atoms with van der Waals surface area (Å²) in [5, 5.41) is 0. The third-order valence-corrected chi connectivity index (χ3v) is 4.80. The van der Waals surface area contributed by atoms with E-state index in [9.17, 15) is 4.79 Å². The highest BCUT2D eigenvalue weighted by atomic mass is 16.2. The van der Waals surface area contributed by atoms with Crippen LogP contribution in [0.25, 0.3) is 0 Å². The molecule has 2 unspecified atom stereocenters. The molecule has 0 aliphatic heterocycles. The molecule has 0 radical (unpaired) electrons. The second-order valence-corrected chi connectivity index (χ2v) is 6.68. The first-order valence-corrected chi connectivity index (χ1v) is 7.78. The molecular weight excluding hydrogens is 224 g/mol. The van der Waals surface area contributed by atoms with E-state index >= 15 is 0 Å². The third kappa shape index (κ3) is 3.05. The smallest absolute Gasteiger partial charge is 0.227 e. The van der Waals surface area contributed by atoms with E-state index in [-0.39, 0.29) is 12.0 Å². The Morgan fingerprint density at radius 1 is 0.944 bits per heavy atom. The highest BCUT2D eigenvalue weighted by Crippen LogP contribution is 2.35. The van der Waals surface area contributed by atoms with Crippen molar-refractivity contribution in [3.05, 3.63) is 0 Å². The van der Waals surface area contributed by atoms with Crippen molar-refractivity contribution >= 4 is 5.91 Å². The van der Waals surface area contributed by atoms with Crippen molar-refractivity contribution in [1.29, 1.82) is 0 Å². The summed E-state index contributed by atoms with van der Waals surface area (Å²) in [6.45, 7) is 2.02. The predicted molar refractivity (Wildman–Crippen MR) is 72.0 cm³/mol. The molecule has 0 aromatic rings. The maximum atomic E-state index is 12.7. The largest absolute Gasteiger partial charge is 0.342 e. The van der Waals surface area contributed by atoms with Crippen LogP contribution in [0.3, 0.4) is 0 Å². The lowest BCUT2D eigenvalue weighted by atomic mass is 9.84. The van der Waals surface area contributed by atoms with Crippen LogP contribution in [0.2, 0.25) is 0 Å². The number of nitrogens with zero attached hydrogens (tertiary/aromatic N) is 1. The third-order valence-electron chi connectivity index (χ3n) is 4.80. The second-order valence-electron chi connectivity index (χ2n) is 6.68. The molecule has 0 aromatic heterocycles.